The number of aromatic nitrogens is 4. The average Bonchev–Trinajstić information content (AvgIpc) is 3.39. The molecule has 0 bridgehead atoms. The molecule has 3 aromatic rings. The van der Waals surface area contributed by atoms with Gasteiger partial charge in [0.25, 0.3) is 0 Å². The van der Waals surface area contributed by atoms with E-state index in [4.69, 9.17) is 16.3 Å². The molecule has 29 heavy (non-hydrogen) atoms. The highest BCUT2D eigenvalue weighted by atomic mass is 35.5. The van der Waals surface area contributed by atoms with Crippen LogP contribution >= 0.6 is 11.6 Å². The molecule has 1 amide bonds. The number of rotatable bonds is 8. The molecule has 0 unspecified atom stereocenters. The van der Waals surface area contributed by atoms with Gasteiger partial charge in [-0.1, -0.05) is 11.6 Å². The summed E-state index contributed by atoms with van der Waals surface area (Å²) in [5.74, 6) is 1.08. The third kappa shape index (κ3) is 5.03. The van der Waals surface area contributed by atoms with Crippen LogP contribution in [0.5, 0.6) is 5.88 Å². The van der Waals surface area contributed by atoms with Crippen LogP contribution < -0.4 is 10.1 Å². The van der Waals surface area contributed by atoms with E-state index in [0.29, 0.717) is 35.7 Å². The Morgan fingerprint density at radius 3 is 2.93 bits per heavy atom. The van der Waals surface area contributed by atoms with Crippen molar-refractivity contribution in [3.8, 4) is 5.88 Å². The molecule has 0 saturated heterocycles. The standard InChI is InChI=1S/C21H24ClN5O2/c1-13(2)25-20(28)8-19-16-11-27(26-18(16)5-6-23-19)10-15-7-17(22)21(24-9-15)29-12-14-3-4-14/h5-7,9,11,13-14H,3-4,8,10,12H2,1-2H3,(H,25,28). The third-order valence-electron chi connectivity index (χ3n) is 4.70. The lowest BCUT2D eigenvalue weighted by atomic mass is 10.2. The lowest BCUT2D eigenvalue weighted by molar-refractivity contribution is -0.120. The largest absolute Gasteiger partial charge is 0.476 e. The highest BCUT2D eigenvalue weighted by molar-refractivity contribution is 6.31. The molecule has 8 heteroatoms. The molecule has 1 aliphatic carbocycles. The van der Waals surface area contributed by atoms with E-state index >= 15 is 0 Å². The molecular formula is C21H24ClN5O2. The summed E-state index contributed by atoms with van der Waals surface area (Å²) in [6.45, 7) is 5.06. The second-order valence-electron chi connectivity index (χ2n) is 7.80. The van der Waals surface area contributed by atoms with Crippen LogP contribution in [0.1, 0.15) is 37.9 Å². The molecular weight excluding hydrogens is 390 g/mol. The van der Waals surface area contributed by atoms with Gasteiger partial charge in [0.05, 0.1) is 30.8 Å². The predicted octanol–water partition coefficient (Wildman–Crippen LogP) is 3.38. The number of carbonyl (C=O) groups is 1. The molecule has 0 radical (unpaired) electrons. The number of pyridine rings is 2. The molecule has 0 aromatic carbocycles. The lowest BCUT2D eigenvalue weighted by Crippen LogP contribution is -2.31. The summed E-state index contributed by atoms with van der Waals surface area (Å²) in [5, 5.41) is 8.87. The molecule has 7 nitrogen and oxygen atoms in total. The van der Waals surface area contributed by atoms with Gasteiger partial charge in [0.2, 0.25) is 11.8 Å². The molecule has 1 fully saturated rings. The molecule has 0 spiro atoms. The Hall–Kier alpha value is -2.67. The van der Waals surface area contributed by atoms with Crippen LogP contribution in [0.15, 0.2) is 30.7 Å². The first-order valence-electron chi connectivity index (χ1n) is 9.85. The predicted molar refractivity (Wildman–Crippen MR) is 111 cm³/mol. The molecule has 1 aliphatic rings. The molecule has 0 aliphatic heterocycles. The fraction of sp³-hybridized carbons (Fsp3) is 0.429. The summed E-state index contributed by atoms with van der Waals surface area (Å²) < 4.78 is 7.50. The molecule has 1 N–H and O–H groups in total. The maximum Gasteiger partial charge on any atom is 0.232 e. The minimum atomic E-state index is -0.0504. The summed E-state index contributed by atoms with van der Waals surface area (Å²) in [6, 6.07) is 3.80. The van der Waals surface area contributed by atoms with Crippen molar-refractivity contribution < 1.29 is 9.53 Å². The van der Waals surface area contributed by atoms with Crippen molar-refractivity contribution in [1.82, 2.24) is 25.1 Å². The van der Waals surface area contributed by atoms with Crippen molar-refractivity contribution in [1.29, 1.82) is 0 Å². The quantitative estimate of drug-likeness (QED) is 0.612. The first-order chi connectivity index (χ1) is 14.0. The average molecular weight is 414 g/mol. The van der Waals surface area contributed by atoms with Gasteiger partial charge >= 0.3 is 0 Å². The Bertz CT molecular complexity index is 1030. The highest BCUT2D eigenvalue weighted by Gasteiger charge is 2.22. The van der Waals surface area contributed by atoms with Gasteiger partial charge in [-0.3, -0.25) is 14.5 Å². The number of halogens is 1. The minimum absolute atomic E-state index is 0.0504. The molecule has 3 heterocycles. The summed E-state index contributed by atoms with van der Waals surface area (Å²) >= 11 is 6.33. The van der Waals surface area contributed by atoms with E-state index in [9.17, 15) is 4.79 Å². The second-order valence-corrected chi connectivity index (χ2v) is 8.21. The summed E-state index contributed by atoms with van der Waals surface area (Å²) in [7, 11) is 0. The second kappa shape index (κ2) is 8.37. The van der Waals surface area contributed by atoms with Crippen molar-refractivity contribution in [3.63, 3.8) is 0 Å². The van der Waals surface area contributed by atoms with Gasteiger partial charge in [-0.2, -0.15) is 5.10 Å². The van der Waals surface area contributed by atoms with Gasteiger partial charge in [0.1, 0.15) is 5.02 Å². The number of nitrogens with one attached hydrogen (secondary N) is 1. The fourth-order valence-corrected chi connectivity index (χ4v) is 3.37. The summed E-state index contributed by atoms with van der Waals surface area (Å²) in [4.78, 5) is 20.8. The number of carbonyl (C=O) groups excluding carboxylic acids is 1. The number of fused-ring (bicyclic) bond motifs is 1. The molecule has 1 saturated carbocycles. The van der Waals surface area contributed by atoms with Gasteiger partial charge < -0.3 is 10.1 Å². The van der Waals surface area contributed by atoms with Crippen molar-refractivity contribution in [2.75, 3.05) is 6.61 Å². The molecule has 0 atom stereocenters. The molecule has 4 rings (SSSR count). The Morgan fingerprint density at radius 2 is 2.21 bits per heavy atom. The van der Waals surface area contributed by atoms with Crippen molar-refractivity contribution in [3.05, 3.63) is 47.0 Å². The smallest absolute Gasteiger partial charge is 0.232 e. The normalized spacial score (nSPS) is 13.8. The van der Waals surface area contributed by atoms with Gasteiger partial charge in [-0.15, -0.1) is 0 Å². The van der Waals surface area contributed by atoms with E-state index in [0.717, 1.165) is 16.5 Å². The third-order valence-corrected chi connectivity index (χ3v) is 4.97. The lowest BCUT2D eigenvalue weighted by Gasteiger charge is -2.08. The maximum atomic E-state index is 12.1. The van der Waals surface area contributed by atoms with Gasteiger partial charge in [0, 0.05) is 30.0 Å². The molecule has 152 valence electrons. The Kier molecular flexibility index (Phi) is 5.67. The highest BCUT2D eigenvalue weighted by Crippen LogP contribution is 2.31. The van der Waals surface area contributed by atoms with Crippen molar-refractivity contribution >= 4 is 28.4 Å². The monoisotopic (exact) mass is 413 g/mol. The van der Waals surface area contributed by atoms with Gasteiger partial charge in [-0.05, 0) is 50.3 Å². The zero-order valence-corrected chi connectivity index (χ0v) is 17.3. The van der Waals surface area contributed by atoms with Crippen molar-refractivity contribution in [2.45, 2.75) is 45.7 Å². The first-order valence-corrected chi connectivity index (χ1v) is 10.2. The fourth-order valence-electron chi connectivity index (χ4n) is 3.12. The van der Waals surface area contributed by atoms with Crippen LogP contribution in [-0.4, -0.2) is 38.3 Å². The molecule has 3 aromatic heterocycles. The topological polar surface area (TPSA) is 81.9 Å². The van der Waals surface area contributed by atoms with Crippen LogP contribution in [0.25, 0.3) is 10.9 Å². The number of amides is 1. The van der Waals surface area contributed by atoms with E-state index in [-0.39, 0.29) is 18.4 Å². The van der Waals surface area contributed by atoms with E-state index < -0.39 is 0 Å². The summed E-state index contributed by atoms with van der Waals surface area (Å²) in [5.41, 5.74) is 2.44. The van der Waals surface area contributed by atoms with Gasteiger partial charge in [0.15, 0.2) is 0 Å². The maximum absolute atomic E-state index is 12.1. The van der Waals surface area contributed by atoms with Crippen LogP contribution in [0.2, 0.25) is 5.02 Å². The zero-order valence-electron chi connectivity index (χ0n) is 16.6. The Labute approximate surface area is 174 Å². The van der Waals surface area contributed by atoms with Crippen LogP contribution in [0, 0.1) is 5.92 Å². The van der Waals surface area contributed by atoms with Crippen LogP contribution in [-0.2, 0) is 17.8 Å². The number of nitrogens with zero attached hydrogens (tertiary/aromatic N) is 4. The number of hydrogen-bond donors (Lipinski definition) is 1. The number of hydrogen-bond acceptors (Lipinski definition) is 5. The van der Waals surface area contributed by atoms with Crippen LogP contribution in [0.3, 0.4) is 0 Å². The van der Waals surface area contributed by atoms with Gasteiger partial charge in [-0.25, -0.2) is 4.98 Å². The first kappa shape index (κ1) is 19.6. The number of ether oxygens (including phenoxy) is 1. The van der Waals surface area contributed by atoms with E-state index in [1.807, 2.05) is 36.9 Å². The zero-order chi connectivity index (χ0) is 20.4. The SMILES string of the molecule is CC(C)NC(=O)Cc1nccc2nn(Cc3cnc(OCC4CC4)c(Cl)c3)cc12. The minimum Gasteiger partial charge on any atom is -0.476 e. The summed E-state index contributed by atoms with van der Waals surface area (Å²) in [6.07, 6.45) is 8.02. The van der Waals surface area contributed by atoms with Crippen molar-refractivity contribution in [2.24, 2.45) is 5.92 Å². The Balaban J connectivity index is 1.48. The van der Waals surface area contributed by atoms with E-state index in [1.54, 1.807) is 12.4 Å². The van der Waals surface area contributed by atoms with E-state index in [2.05, 4.69) is 20.4 Å². The van der Waals surface area contributed by atoms with E-state index in [1.165, 1.54) is 12.8 Å². The Morgan fingerprint density at radius 1 is 1.38 bits per heavy atom. The van der Waals surface area contributed by atoms with Crippen LogP contribution in [0.4, 0.5) is 0 Å².